The van der Waals surface area contributed by atoms with E-state index in [1.165, 1.54) is 0 Å². The molecule has 1 fully saturated rings. The third kappa shape index (κ3) is 3.67. The van der Waals surface area contributed by atoms with Crippen LogP contribution in [0.3, 0.4) is 0 Å². The molecule has 0 radical (unpaired) electrons. The number of hydrogen-bond acceptors (Lipinski definition) is 4. The molecule has 5 nitrogen and oxygen atoms in total. The van der Waals surface area contributed by atoms with Gasteiger partial charge in [0, 0.05) is 6.54 Å². The molecule has 3 N–H and O–H groups in total. The van der Waals surface area contributed by atoms with E-state index in [-0.39, 0.29) is 5.91 Å². The summed E-state index contributed by atoms with van der Waals surface area (Å²) in [6.45, 7) is 0.577. The van der Waals surface area contributed by atoms with Crippen LogP contribution in [0.5, 0.6) is 11.5 Å². The number of rotatable bonds is 6. The van der Waals surface area contributed by atoms with Gasteiger partial charge in [-0.3, -0.25) is 4.79 Å². The van der Waals surface area contributed by atoms with Crippen LogP contribution in [-0.4, -0.2) is 32.2 Å². The maximum absolute atomic E-state index is 12.1. The molecule has 0 aromatic heterocycles. The van der Waals surface area contributed by atoms with Crippen molar-refractivity contribution in [1.29, 1.82) is 0 Å². The molecule has 1 aromatic carbocycles. The lowest BCUT2D eigenvalue weighted by Gasteiger charge is -2.22. The van der Waals surface area contributed by atoms with Gasteiger partial charge in [-0.05, 0) is 37.0 Å². The number of amides is 1. The lowest BCUT2D eigenvalue weighted by atomic mass is 9.98. The highest BCUT2D eigenvalue weighted by atomic mass is 16.5. The molecule has 0 aliphatic heterocycles. The Morgan fingerprint density at radius 2 is 1.90 bits per heavy atom. The number of nitrogens with two attached hydrogens (primary N) is 1. The van der Waals surface area contributed by atoms with E-state index < -0.39 is 5.54 Å². The summed E-state index contributed by atoms with van der Waals surface area (Å²) in [6.07, 6.45) is 4.39. The van der Waals surface area contributed by atoms with Gasteiger partial charge in [0.1, 0.15) is 0 Å². The summed E-state index contributed by atoms with van der Waals surface area (Å²) >= 11 is 0. The molecule has 21 heavy (non-hydrogen) atoms. The van der Waals surface area contributed by atoms with E-state index in [2.05, 4.69) is 5.32 Å². The minimum Gasteiger partial charge on any atom is -0.493 e. The predicted molar refractivity (Wildman–Crippen MR) is 81.6 cm³/mol. The van der Waals surface area contributed by atoms with E-state index in [0.29, 0.717) is 18.0 Å². The first-order valence-electron chi connectivity index (χ1n) is 7.37. The average Bonchev–Trinajstić information content (AvgIpc) is 2.95. The molecule has 1 saturated carbocycles. The van der Waals surface area contributed by atoms with Crippen molar-refractivity contribution >= 4 is 5.91 Å². The fourth-order valence-electron chi connectivity index (χ4n) is 2.77. The van der Waals surface area contributed by atoms with Crippen LogP contribution < -0.4 is 20.5 Å². The predicted octanol–water partition coefficient (Wildman–Crippen LogP) is 1.63. The van der Waals surface area contributed by atoms with Gasteiger partial charge in [-0.25, -0.2) is 0 Å². The summed E-state index contributed by atoms with van der Waals surface area (Å²) in [6, 6.07) is 5.78. The van der Waals surface area contributed by atoms with E-state index in [9.17, 15) is 4.79 Å². The zero-order valence-electron chi connectivity index (χ0n) is 12.8. The minimum absolute atomic E-state index is 0.0273. The number of carbonyl (C=O) groups is 1. The summed E-state index contributed by atoms with van der Waals surface area (Å²) in [5.41, 5.74) is 6.55. The maximum Gasteiger partial charge on any atom is 0.240 e. The highest BCUT2D eigenvalue weighted by Crippen LogP contribution is 2.28. The van der Waals surface area contributed by atoms with Crippen molar-refractivity contribution in [3.63, 3.8) is 0 Å². The maximum atomic E-state index is 12.1. The van der Waals surface area contributed by atoms with Crippen LogP contribution in [0.2, 0.25) is 0 Å². The Morgan fingerprint density at radius 3 is 2.52 bits per heavy atom. The second-order valence-electron chi connectivity index (χ2n) is 5.56. The van der Waals surface area contributed by atoms with E-state index in [0.717, 1.165) is 37.7 Å². The van der Waals surface area contributed by atoms with Crippen LogP contribution in [0.4, 0.5) is 0 Å². The van der Waals surface area contributed by atoms with E-state index in [1.54, 1.807) is 14.2 Å². The molecule has 0 atom stereocenters. The van der Waals surface area contributed by atoms with E-state index in [4.69, 9.17) is 15.2 Å². The van der Waals surface area contributed by atoms with Gasteiger partial charge in [0.15, 0.2) is 11.5 Å². The SMILES string of the molecule is COc1ccc(CCNC(=O)C2(N)CCCC2)cc1OC. The van der Waals surface area contributed by atoms with Gasteiger partial charge in [0.2, 0.25) is 5.91 Å². The van der Waals surface area contributed by atoms with Crippen LogP contribution in [0.15, 0.2) is 18.2 Å². The number of benzene rings is 1. The lowest BCUT2D eigenvalue weighted by Crippen LogP contribution is -2.52. The summed E-state index contributed by atoms with van der Waals surface area (Å²) in [5, 5.41) is 2.94. The number of ether oxygens (including phenoxy) is 2. The van der Waals surface area contributed by atoms with Crippen LogP contribution in [0.1, 0.15) is 31.2 Å². The lowest BCUT2D eigenvalue weighted by molar-refractivity contribution is -0.126. The average molecular weight is 292 g/mol. The van der Waals surface area contributed by atoms with Crippen molar-refractivity contribution in [2.75, 3.05) is 20.8 Å². The van der Waals surface area contributed by atoms with Gasteiger partial charge < -0.3 is 20.5 Å². The van der Waals surface area contributed by atoms with Crippen molar-refractivity contribution < 1.29 is 14.3 Å². The van der Waals surface area contributed by atoms with Gasteiger partial charge in [0.05, 0.1) is 19.8 Å². The van der Waals surface area contributed by atoms with E-state index >= 15 is 0 Å². The highest BCUT2D eigenvalue weighted by molar-refractivity contribution is 5.86. The van der Waals surface area contributed by atoms with Crippen molar-refractivity contribution in [1.82, 2.24) is 5.32 Å². The smallest absolute Gasteiger partial charge is 0.240 e. The Labute approximate surface area is 125 Å². The summed E-state index contributed by atoms with van der Waals surface area (Å²) in [5.74, 6) is 1.38. The minimum atomic E-state index is -0.655. The molecule has 0 bridgehead atoms. The van der Waals surface area contributed by atoms with Gasteiger partial charge >= 0.3 is 0 Å². The molecule has 1 amide bonds. The first kappa shape index (κ1) is 15.6. The van der Waals surface area contributed by atoms with Crippen molar-refractivity contribution in [3.8, 4) is 11.5 Å². The molecule has 5 heteroatoms. The molecule has 0 unspecified atom stereocenters. The van der Waals surface area contributed by atoms with Crippen LogP contribution >= 0.6 is 0 Å². The standard InChI is InChI=1S/C16H24N2O3/c1-20-13-6-5-12(11-14(13)21-2)7-10-18-15(19)16(17)8-3-4-9-16/h5-6,11H,3-4,7-10,17H2,1-2H3,(H,18,19). The highest BCUT2D eigenvalue weighted by Gasteiger charge is 2.36. The Balaban J connectivity index is 1.87. The molecule has 1 aliphatic carbocycles. The molecule has 1 aliphatic rings. The third-order valence-corrected chi connectivity index (χ3v) is 4.10. The Kier molecular flexibility index (Phi) is 5.07. The normalized spacial score (nSPS) is 16.5. The summed E-state index contributed by atoms with van der Waals surface area (Å²) in [4.78, 5) is 12.1. The van der Waals surface area contributed by atoms with Crippen molar-refractivity contribution in [2.24, 2.45) is 5.73 Å². The van der Waals surface area contributed by atoms with Crippen LogP contribution in [0, 0.1) is 0 Å². The summed E-state index contributed by atoms with van der Waals surface area (Å²) < 4.78 is 10.5. The monoisotopic (exact) mass is 292 g/mol. The zero-order valence-corrected chi connectivity index (χ0v) is 12.8. The van der Waals surface area contributed by atoms with Gasteiger partial charge in [-0.1, -0.05) is 18.9 Å². The van der Waals surface area contributed by atoms with Crippen molar-refractivity contribution in [2.45, 2.75) is 37.6 Å². The van der Waals surface area contributed by atoms with Crippen LogP contribution in [0.25, 0.3) is 0 Å². The van der Waals surface area contributed by atoms with Crippen molar-refractivity contribution in [3.05, 3.63) is 23.8 Å². The molecule has 2 rings (SSSR count). The quantitative estimate of drug-likeness (QED) is 0.836. The fraction of sp³-hybridized carbons (Fsp3) is 0.562. The zero-order chi connectivity index (χ0) is 15.3. The first-order chi connectivity index (χ1) is 10.1. The second kappa shape index (κ2) is 6.80. The second-order valence-corrected chi connectivity index (χ2v) is 5.56. The molecule has 1 aromatic rings. The summed E-state index contributed by atoms with van der Waals surface area (Å²) in [7, 11) is 3.22. The molecule has 0 saturated heterocycles. The first-order valence-corrected chi connectivity index (χ1v) is 7.37. The molecular weight excluding hydrogens is 268 g/mol. The topological polar surface area (TPSA) is 73.6 Å². The number of carbonyl (C=O) groups excluding carboxylic acids is 1. The molecule has 116 valence electrons. The molecular formula is C16H24N2O3. The Bertz CT molecular complexity index is 496. The molecule has 0 spiro atoms. The van der Waals surface area contributed by atoms with Gasteiger partial charge in [-0.2, -0.15) is 0 Å². The Hall–Kier alpha value is -1.75. The van der Waals surface area contributed by atoms with E-state index in [1.807, 2.05) is 18.2 Å². The van der Waals surface area contributed by atoms with Gasteiger partial charge in [0.25, 0.3) is 0 Å². The Morgan fingerprint density at radius 1 is 1.24 bits per heavy atom. The third-order valence-electron chi connectivity index (χ3n) is 4.10. The number of hydrogen-bond donors (Lipinski definition) is 2. The largest absolute Gasteiger partial charge is 0.493 e. The van der Waals surface area contributed by atoms with Crippen LogP contribution in [-0.2, 0) is 11.2 Å². The molecule has 0 heterocycles. The number of methoxy groups -OCH3 is 2. The number of nitrogens with one attached hydrogen (secondary N) is 1. The fourth-order valence-corrected chi connectivity index (χ4v) is 2.77. The van der Waals surface area contributed by atoms with Gasteiger partial charge in [-0.15, -0.1) is 0 Å².